The summed E-state index contributed by atoms with van der Waals surface area (Å²) >= 11 is 0. The molecule has 0 fully saturated rings. The molecule has 2 unspecified atom stereocenters. The zero-order chi connectivity index (χ0) is 14.0. The first-order chi connectivity index (χ1) is 9.00. The van der Waals surface area contributed by atoms with Crippen molar-refractivity contribution in [3.63, 3.8) is 0 Å². The van der Waals surface area contributed by atoms with Crippen LogP contribution in [0, 0.1) is 0 Å². The first-order valence-electron chi connectivity index (χ1n) is 6.76. The Kier molecular flexibility index (Phi) is 4.10. The molecule has 2 N–H and O–H groups in total. The Balaban J connectivity index is 2.22. The highest BCUT2D eigenvalue weighted by Crippen LogP contribution is 2.34. The Hall–Kier alpha value is -1.55. The number of nitrogens with two attached hydrogens (primary N) is 1. The summed E-state index contributed by atoms with van der Waals surface area (Å²) < 4.78 is 5.84. The van der Waals surface area contributed by atoms with Crippen LogP contribution in [0.1, 0.15) is 36.9 Å². The van der Waals surface area contributed by atoms with Gasteiger partial charge in [0.2, 0.25) is 0 Å². The van der Waals surface area contributed by atoms with Gasteiger partial charge in [-0.05, 0) is 43.4 Å². The van der Waals surface area contributed by atoms with Crippen molar-refractivity contribution < 1.29 is 9.53 Å². The standard InChI is InChI=1S/C15H22N2O2/c1-10(15(18)17(2)3)19-14-9-5-6-11-12(14)7-4-8-13(11)16/h5-6,9-10,13H,4,7-8,16H2,1-3H3. The molecular weight excluding hydrogens is 240 g/mol. The Labute approximate surface area is 114 Å². The Morgan fingerprint density at radius 1 is 1.47 bits per heavy atom. The van der Waals surface area contributed by atoms with Crippen molar-refractivity contribution in [3.05, 3.63) is 29.3 Å². The summed E-state index contributed by atoms with van der Waals surface area (Å²) in [7, 11) is 3.47. The molecule has 0 radical (unpaired) electrons. The number of hydrogen-bond donors (Lipinski definition) is 1. The number of fused-ring (bicyclic) bond motifs is 1. The molecule has 0 saturated heterocycles. The topological polar surface area (TPSA) is 55.6 Å². The summed E-state index contributed by atoms with van der Waals surface area (Å²) in [5.74, 6) is 0.771. The van der Waals surface area contributed by atoms with Gasteiger partial charge in [0.1, 0.15) is 5.75 Å². The molecule has 2 rings (SSSR count). The van der Waals surface area contributed by atoms with Gasteiger partial charge in [0.25, 0.3) is 5.91 Å². The minimum absolute atomic E-state index is 0.0299. The van der Waals surface area contributed by atoms with Crippen molar-refractivity contribution in [1.29, 1.82) is 0 Å². The lowest BCUT2D eigenvalue weighted by Crippen LogP contribution is -2.35. The lowest BCUT2D eigenvalue weighted by Gasteiger charge is -2.26. The SMILES string of the molecule is CC(Oc1cccc2c1CCCC2N)C(=O)N(C)C. The number of nitrogens with zero attached hydrogens (tertiary/aromatic N) is 1. The molecule has 0 aromatic heterocycles. The minimum Gasteiger partial charge on any atom is -0.481 e. The maximum atomic E-state index is 11.9. The summed E-state index contributed by atoms with van der Waals surface area (Å²) in [6.07, 6.45) is 2.59. The van der Waals surface area contributed by atoms with Crippen LogP contribution in [0.25, 0.3) is 0 Å². The van der Waals surface area contributed by atoms with Gasteiger partial charge in [-0.25, -0.2) is 0 Å². The van der Waals surface area contributed by atoms with Gasteiger partial charge in [0.05, 0.1) is 0 Å². The number of amides is 1. The van der Waals surface area contributed by atoms with Gasteiger partial charge in [0.15, 0.2) is 6.10 Å². The summed E-state index contributed by atoms with van der Waals surface area (Å²) in [4.78, 5) is 13.4. The number of carbonyl (C=O) groups is 1. The molecule has 0 aliphatic heterocycles. The third-order valence-corrected chi connectivity index (χ3v) is 3.60. The number of rotatable bonds is 3. The molecule has 4 heteroatoms. The van der Waals surface area contributed by atoms with E-state index < -0.39 is 6.10 Å². The summed E-state index contributed by atoms with van der Waals surface area (Å²) in [6.45, 7) is 1.78. The molecule has 2 atom stereocenters. The molecule has 4 nitrogen and oxygen atoms in total. The van der Waals surface area contributed by atoms with Gasteiger partial charge < -0.3 is 15.4 Å². The van der Waals surface area contributed by atoms with E-state index in [0.717, 1.165) is 30.6 Å². The normalized spacial score (nSPS) is 19.5. The summed E-state index contributed by atoms with van der Waals surface area (Å²) in [5, 5.41) is 0. The third-order valence-electron chi connectivity index (χ3n) is 3.60. The molecule has 1 aromatic rings. The predicted molar refractivity (Wildman–Crippen MR) is 75.1 cm³/mol. The zero-order valence-corrected chi connectivity index (χ0v) is 11.8. The first kappa shape index (κ1) is 13.9. The molecule has 1 aliphatic carbocycles. The van der Waals surface area contributed by atoms with Gasteiger partial charge in [0, 0.05) is 20.1 Å². The van der Waals surface area contributed by atoms with Crippen LogP contribution in [0.3, 0.4) is 0 Å². The van der Waals surface area contributed by atoms with Crippen LogP contribution in [-0.4, -0.2) is 31.0 Å². The van der Waals surface area contributed by atoms with Crippen LogP contribution in [0.15, 0.2) is 18.2 Å². The van der Waals surface area contributed by atoms with E-state index in [1.807, 2.05) is 12.1 Å². The van der Waals surface area contributed by atoms with Gasteiger partial charge in [-0.15, -0.1) is 0 Å². The quantitative estimate of drug-likeness (QED) is 0.905. The first-order valence-corrected chi connectivity index (χ1v) is 6.76. The fraction of sp³-hybridized carbons (Fsp3) is 0.533. The van der Waals surface area contributed by atoms with Crippen LogP contribution >= 0.6 is 0 Å². The van der Waals surface area contributed by atoms with E-state index in [1.165, 1.54) is 5.56 Å². The van der Waals surface area contributed by atoms with Crippen molar-refractivity contribution >= 4 is 5.91 Å². The van der Waals surface area contributed by atoms with Gasteiger partial charge >= 0.3 is 0 Å². The van der Waals surface area contributed by atoms with Crippen LogP contribution < -0.4 is 10.5 Å². The molecule has 0 heterocycles. The fourth-order valence-electron chi connectivity index (χ4n) is 2.57. The van der Waals surface area contributed by atoms with E-state index in [1.54, 1.807) is 25.9 Å². The minimum atomic E-state index is -0.473. The third kappa shape index (κ3) is 2.89. The average Bonchev–Trinajstić information content (AvgIpc) is 2.39. The number of ether oxygens (including phenoxy) is 1. The van der Waals surface area contributed by atoms with Crippen LogP contribution in [-0.2, 0) is 11.2 Å². The Morgan fingerprint density at radius 3 is 2.89 bits per heavy atom. The van der Waals surface area contributed by atoms with Crippen molar-refractivity contribution in [2.45, 2.75) is 38.3 Å². The maximum absolute atomic E-state index is 11.9. The lowest BCUT2D eigenvalue weighted by molar-refractivity contribution is -0.135. The molecular formula is C15H22N2O2. The lowest BCUT2D eigenvalue weighted by atomic mass is 9.87. The number of hydrogen-bond acceptors (Lipinski definition) is 3. The van der Waals surface area contributed by atoms with Crippen LogP contribution in [0.5, 0.6) is 5.75 Å². The summed E-state index contributed by atoms with van der Waals surface area (Å²) in [5.41, 5.74) is 8.45. The van der Waals surface area contributed by atoms with Crippen molar-refractivity contribution in [1.82, 2.24) is 4.90 Å². The van der Waals surface area contributed by atoms with Gasteiger partial charge in [-0.3, -0.25) is 4.79 Å². The second-order valence-electron chi connectivity index (χ2n) is 5.32. The van der Waals surface area contributed by atoms with Crippen molar-refractivity contribution in [2.75, 3.05) is 14.1 Å². The molecule has 0 spiro atoms. The molecule has 1 aromatic carbocycles. The maximum Gasteiger partial charge on any atom is 0.262 e. The van der Waals surface area contributed by atoms with E-state index >= 15 is 0 Å². The number of likely N-dealkylation sites (N-methyl/N-ethyl adjacent to an activating group) is 1. The Bertz CT molecular complexity index is 471. The highest BCUT2D eigenvalue weighted by molar-refractivity contribution is 5.80. The number of benzene rings is 1. The van der Waals surface area contributed by atoms with Crippen LogP contribution in [0.2, 0.25) is 0 Å². The van der Waals surface area contributed by atoms with E-state index in [2.05, 4.69) is 6.07 Å². The highest BCUT2D eigenvalue weighted by Gasteiger charge is 2.23. The molecule has 0 bridgehead atoms. The molecule has 1 amide bonds. The van der Waals surface area contributed by atoms with E-state index in [-0.39, 0.29) is 11.9 Å². The van der Waals surface area contributed by atoms with E-state index in [9.17, 15) is 4.79 Å². The predicted octanol–water partition coefficient (Wildman–Crippen LogP) is 1.88. The zero-order valence-electron chi connectivity index (χ0n) is 11.8. The fourth-order valence-corrected chi connectivity index (χ4v) is 2.57. The molecule has 19 heavy (non-hydrogen) atoms. The van der Waals surface area contributed by atoms with Crippen LogP contribution in [0.4, 0.5) is 0 Å². The molecule has 104 valence electrons. The number of carbonyl (C=O) groups excluding carboxylic acids is 1. The van der Waals surface area contributed by atoms with Crippen molar-refractivity contribution in [3.8, 4) is 5.75 Å². The smallest absolute Gasteiger partial charge is 0.262 e. The van der Waals surface area contributed by atoms with E-state index in [0.29, 0.717) is 0 Å². The summed E-state index contributed by atoms with van der Waals surface area (Å²) in [6, 6.07) is 6.03. The average molecular weight is 262 g/mol. The second-order valence-corrected chi connectivity index (χ2v) is 5.32. The van der Waals surface area contributed by atoms with Gasteiger partial charge in [-0.1, -0.05) is 12.1 Å². The highest BCUT2D eigenvalue weighted by atomic mass is 16.5. The van der Waals surface area contributed by atoms with Gasteiger partial charge in [-0.2, -0.15) is 0 Å². The molecule has 1 aliphatic rings. The Morgan fingerprint density at radius 2 is 2.21 bits per heavy atom. The largest absolute Gasteiger partial charge is 0.481 e. The second kappa shape index (κ2) is 5.61. The molecule has 0 saturated carbocycles. The monoisotopic (exact) mass is 262 g/mol. The van der Waals surface area contributed by atoms with Crippen molar-refractivity contribution in [2.24, 2.45) is 5.73 Å². The van der Waals surface area contributed by atoms with E-state index in [4.69, 9.17) is 10.5 Å².